The Morgan fingerprint density at radius 1 is 1.16 bits per heavy atom. The van der Waals surface area contributed by atoms with Gasteiger partial charge in [-0.15, -0.1) is 10.2 Å². The van der Waals surface area contributed by atoms with E-state index in [4.69, 9.17) is 9.15 Å². The van der Waals surface area contributed by atoms with Crippen LogP contribution < -0.4 is 4.74 Å². The number of carbonyl (C=O) groups excluding carboxylic acids is 2. The fourth-order valence-corrected chi connectivity index (χ4v) is 2.57. The Labute approximate surface area is 150 Å². The minimum absolute atomic E-state index is 0.0304. The van der Waals surface area contributed by atoms with Crippen LogP contribution in [0.25, 0.3) is 11.5 Å². The first kappa shape index (κ1) is 18.8. The van der Waals surface area contributed by atoms with Crippen molar-refractivity contribution in [2.24, 2.45) is 0 Å². The molecule has 0 aliphatic heterocycles. The largest absolute Gasteiger partial charge is 0.496 e. The third kappa shape index (κ3) is 4.96. The third-order valence-electron chi connectivity index (χ3n) is 3.36. The van der Waals surface area contributed by atoms with E-state index in [1.807, 2.05) is 18.2 Å². The van der Waals surface area contributed by atoms with Gasteiger partial charge in [0.2, 0.25) is 11.8 Å². The van der Waals surface area contributed by atoms with Crippen molar-refractivity contribution < 1.29 is 18.7 Å². The standard InChI is InChI=1S/C16H20N4O4S/c1-19(2)13(21)9-20(3)14(22)10-25-16-18-17-15(24-16)11-7-5-6-8-12(11)23-4/h5-8H,9-10H2,1-4H3. The third-order valence-corrected chi connectivity index (χ3v) is 4.16. The van der Waals surface area contributed by atoms with Crippen molar-refractivity contribution in [2.45, 2.75) is 5.22 Å². The van der Waals surface area contributed by atoms with Crippen LogP contribution in [0.2, 0.25) is 0 Å². The lowest BCUT2D eigenvalue weighted by atomic mass is 10.2. The first-order valence-corrected chi connectivity index (χ1v) is 8.44. The zero-order valence-corrected chi connectivity index (χ0v) is 15.4. The monoisotopic (exact) mass is 364 g/mol. The lowest BCUT2D eigenvalue weighted by Crippen LogP contribution is -2.38. The maximum Gasteiger partial charge on any atom is 0.277 e. The van der Waals surface area contributed by atoms with Gasteiger partial charge in [0, 0.05) is 21.1 Å². The molecule has 0 aliphatic rings. The van der Waals surface area contributed by atoms with E-state index in [0.29, 0.717) is 17.2 Å². The summed E-state index contributed by atoms with van der Waals surface area (Å²) in [5.74, 6) is 0.712. The molecule has 1 aromatic heterocycles. The SMILES string of the molecule is COc1ccccc1-c1nnc(SCC(=O)N(C)CC(=O)N(C)C)o1. The predicted octanol–water partition coefficient (Wildman–Crippen LogP) is 1.38. The van der Waals surface area contributed by atoms with Crippen molar-refractivity contribution in [2.75, 3.05) is 40.6 Å². The van der Waals surface area contributed by atoms with Crippen molar-refractivity contribution in [3.8, 4) is 17.2 Å². The first-order valence-electron chi connectivity index (χ1n) is 7.46. The van der Waals surface area contributed by atoms with Gasteiger partial charge in [-0.2, -0.15) is 0 Å². The number of para-hydroxylation sites is 1. The van der Waals surface area contributed by atoms with Crippen molar-refractivity contribution in [1.29, 1.82) is 0 Å². The van der Waals surface area contributed by atoms with E-state index in [9.17, 15) is 9.59 Å². The van der Waals surface area contributed by atoms with Crippen molar-refractivity contribution >= 4 is 23.6 Å². The molecule has 134 valence electrons. The molecule has 0 N–H and O–H groups in total. The molecule has 0 saturated heterocycles. The van der Waals surface area contributed by atoms with E-state index >= 15 is 0 Å². The molecule has 0 aliphatic carbocycles. The Morgan fingerprint density at radius 2 is 1.88 bits per heavy atom. The molecule has 8 nitrogen and oxygen atoms in total. The maximum absolute atomic E-state index is 12.1. The molecule has 1 heterocycles. The van der Waals surface area contributed by atoms with Crippen LogP contribution in [0.15, 0.2) is 33.9 Å². The molecule has 2 amide bonds. The normalized spacial score (nSPS) is 10.4. The first-order chi connectivity index (χ1) is 11.9. The van der Waals surface area contributed by atoms with Gasteiger partial charge in [0.15, 0.2) is 0 Å². The van der Waals surface area contributed by atoms with Crippen LogP contribution in [0.4, 0.5) is 0 Å². The van der Waals surface area contributed by atoms with Gasteiger partial charge in [-0.25, -0.2) is 0 Å². The molecule has 0 unspecified atom stereocenters. The molecule has 0 saturated carbocycles. The number of ether oxygens (including phenoxy) is 1. The van der Waals surface area contributed by atoms with Crippen LogP contribution in [0, 0.1) is 0 Å². The summed E-state index contributed by atoms with van der Waals surface area (Å²) in [6, 6.07) is 7.30. The second-order valence-electron chi connectivity index (χ2n) is 5.40. The number of hydrogen-bond acceptors (Lipinski definition) is 7. The minimum Gasteiger partial charge on any atom is -0.496 e. The van der Waals surface area contributed by atoms with E-state index in [1.54, 1.807) is 34.3 Å². The van der Waals surface area contributed by atoms with Gasteiger partial charge >= 0.3 is 0 Å². The summed E-state index contributed by atoms with van der Waals surface area (Å²) in [6.07, 6.45) is 0. The van der Waals surface area contributed by atoms with Crippen molar-refractivity contribution in [3.05, 3.63) is 24.3 Å². The predicted molar refractivity (Wildman–Crippen MR) is 93.3 cm³/mol. The highest BCUT2D eigenvalue weighted by molar-refractivity contribution is 7.99. The van der Waals surface area contributed by atoms with Gasteiger partial charge in [0.25, 0.3) is 11.1 Å². The molecule has 0 spiro atoms. The van der Waals surface area contributed by atoms with Gasteiger partial charge in [0.05, 0.1) is 25.0 Å². The molecular formula is C16H20N4O4S. The van der Waals surface area contributed by atoms with Gasteiger partial charge in [-0.1, -0.05) is 23.9 Å². The van der Waals surface area contributed by atoms with Crippen LogP contribution in [-0.2, 0) is 9.59 Å². The number of likely N-dealkylation sites (N-methyl/N-ethyl adjacent to an activating group) is 2. The number of rotatable bonds is 7. The summed E-state index contributed by atoms with van der Waals surface area (Å²) in [6.45, 7) is 0.0304. The lowest BCUT2D eigenvalue weighted by Gasteiger charge is -2.18. The highest BCUT2D eigenvalue weighted by Gasteiger charge is 2.17. The van der Waals surface area contributed by atoms with Gasteiger partial charge in [-0.3, -0.25) is 9.59 Å². The topological polar surface area (TPSA) is 88.8 Å². The van der Waals surface area contributed by atoms with E-state index in [0.717, 1.165) is 11.8 Å². The smallest absolute Gasteiger partial charge is 0.277 e. The van der Waals surface area contributed by atoms with Crippen LogP contribution in [0.1, 0.15) is 0 Å². The number of benzene rings is 1. The number of aromatic nitrogens is 2. The number of hydrogen-bond donors (Lipinski definition) is 0. The zero-order chi connectivity index (χ0) is 18.4. The number of amides is 2. The van der Waals surface area contributed by atoms with Gasteiger partial charge < -0.3 is 19.0 Å². The second kappa shape index (κ2) is 8.52. The summed E-state index contributed by atoms with van der Waals surface area (Å²) in [5.41, 5.74) is 0.685. The summed E-state index contributed by atoms with van der Waals surface area (Å²) >= 11 is 1.12. The zero-order valence-electron chi connectivity index (χ0n) is 14.6. The van der Waals surface area contributed by atoms with E-state index in [1.165, 1.54) is 9.80 Å². The summed E-state index contributed by atoms with van der Waals surface area (Å²) in [4.78, 5) is 26.5. The average molecular weight is 364 g/mol. The molecule has 0 atom stereocenters. The molecule has 2 rings (SSSR count). The molecule has 9 heteroatoms. The molecule has 0 bridgehead atoms. The Kier molecular flexibility index (Phi) is 6.40. The fourth-order valence-electron chi connectivity index (χ4n) is 1.86. The second-order valence-corrected chi connectivity index (χ2v) is 6.33. The highest BCUT2D eigenvalue weighted by Crippen LogP contribution is 2.30. The van der Waals surface area contributed by atoms with Crippen LogP contribution in [-0.4, -0.2) is 72.4 Å². The number of carbonyl (C=O) groups is 2. The summed E-state index contributed by atoms with van der Waals surface area (Å²) < 4.78 is 10.8. The van der Waals surface area contributed by atoms with E-state index in [2.05, 4.69) is 10.2 Å². The molecule has 1 aromatic carbocycles. The molecular weight excluding hydrogens is 344 g/mol. The Hall–Kier alpha value is -2.55. The molecule has 2 aromatic rings. The van der Waals surface area contributed by atoms with E-state index < -0.39 is 0 Å². The van der Waals surface area contributed by atoms with Gasteiger partial charge in [-0.05, 0) is 12.1 Å². The number of nitrogens with zero attached hydrogens (tertiary/aromatic N) is 4. The van der Waals surface area contributed by atoms with Crippen molar-refractivity contribution in [1.82, 2.24) is 20.0 Å². The number of thioether (sulfide) groups is 1. The van der Waals surface area contributed by atoms with Crippen LogP contribution in [0.5, 0.6) is 5.75 Å². The quantitative estimate of drug-likeness (QED) is 0.686. The Balaban J connectivity index is 1.95. The Morgan fingerprint density at radius 3 is 2.56 bits per heavy atom. The fraction of sp³-hybridized carbons (Fsp3) is 0.375. The maximum atomic E-state index is 12.1. The molecule has 0 fully saturated rings. The van der Waals surface area contributed by atoms with E-state index in [-0.39, 0.29) is 29.3 Å². The molecule has 25 heavy (non-hydrogen) atoms. The minimum atomic E-state index is -0.197. The molecule has 0 radical (unpaired) electrons. The van der Waals surface area contributed by atoms with Crippen LogP contribution >= 0.6 is 11.8 Å². The number of methoxy groups -OCH3 is 1. The van der Waals surface area contributed by atoms with Crippen molar-refractivity contribution in [3.63, 3.8) is 0 Å². The lowest BCUT2D eigenvalue weighted by molar-refractivity contribution is -0.136. The Bertz CT molecular complexity index is 747. The summed E-state index contributed by atoms with van der Waals surface area (Å²) in [7, 11) is 6.44. The van der Waals surface area contributed by atoms with Gasteiger partial charge in [0.1, 0.15) is 5.75 Å². The highest BCUT2D eigenvalue weighted by atomic mass is 32.2. The van der Waals surface area contributed by atoms with Crippen LogP contribution in [0.3, 0.4) is 0 Å². The average Bonchev–Trinajstić information content (AvgIpc) is 3.08. The summed E-state index contributed by atoms with van der Waals surface area (Å²) in [5, 5.41) is 8.20.